The number of imidazole rings is 1. The van der Waals surface area contributed by atoms with E-state index in [1.54, 1.807) is 28.9 Å². The van der Waals surface area contributed by atoms with E-state index in [9.17, 15) is 8.42 Å². The molecule has 9 heteroatoms. The van der Waals surface area contributed by atoms with Gasteiger partial charge in [0.2, 0.25) is 10.0 Å². The summed E-state index contributed by atoms with van der Waals surface area (Å²) in [6.45, 7) is 0.514. The van der Waals surface area contributed by atoms with Crippen LogP contribution in [0.1, 0.15) is 41.1 Å². The molecule has 4 aromatic rings. The molecule has 1 saturated carbocycles. The van der Waals surface area contributed by atoms with Crippen LogP contribution in [0.15, 0.2) is 66.1 Å². The summed E-state index contributed by atoms with van der Waals surface area (Å²) in [5, 5.41) is 13.0. The number of nitrogens with one attached hydrogen (secondary N) is 1. The van der Waals surface area contributed by atoms with E-state index in [0.29, 0.717) is 18.0 Å². The van der Waals surface area contributed by atoms with E-state index in [0.717, 1.165) is 16.9 Å². The monoisotopic (exact) mass is 432 g/mol. The molecule has 1 fully saturated rings. The second-order valence-corrected chi connectivity index (χ2v) is 9.51. The molecule has 0 atom stereocenters. The molecule has 3 heterocycles. The van der Waals surface area contributed by atoms with Crippen LogP contribution in [0.25, 0.3) is 5.65 Å². The lowest BCUT2D eigenvalue weighted by Crippen LogP contribution is -2.22. The van der Waals surface area contributed by atoms with Crippen LogP contribution < -0.4 is 4.72 Å². The molecular weight excluding hydrogens is 412 g/mol. The second-order valence-electron chi connectivity index (χ2n) is 7.74. The quantitative estimate of drug-likeness (QED) is 0.483. The fourth-order valence-corrected chi connectivity index (χ4v) is 4.46. The zero-order valence-corrected chi connectivity index (χ0v) is 17.5. The third kappa shape index (κ3) is 4.21. The molecule has 3 aromatic heterocycles. The molecule has 0 radical (unpaired) electrons. The molecule has 0 unspecified atom stereocenters. The van der Waals surface area contributed by atoms with E-state index in [-0.39, 0.29) is 11.4 Å². The second kappa shape index (κ2) is 7.65. The fourth-order valence-electron chi connectivity index (χ4n) is 3.49. The molecule has 31 heavy (non-hydrogen) atoms. The maximum Gasteiger partial charge on any atom is 0.243 e. The number of benzene rings is 1. The highest BCUT2D eigenvalue weighted by Crippen LogP contribution is 2.39. The number of nitrogens with zero attached hydrogens (tertiary/aromatic N) is 5. The number of fused-ring (bicyclic) bond motifs is 1. The van der Waals surface area contributed by atoms with E-state index < -0.39 is 10.0 Å². The van der Waals surface area contributed by atoms with Gasteiger partial charge in [-0.2, -0.15) is 10.4 Å². The van der Waals surface area contributed by atoms with Gasteiger partial charge >= 0.3 is 0 Å². The third-order valence-corrected chi connectivity index (χ3v) is 6.72. The van der Waals surface area contributed by atoms with E-state index in [2.05, 4.69) is 27.1 Å². The van der Waals surface area contributed by atoms with Gasteiger partial charge in [0, 0.05) is 25.1 Å². The molecule has 0 spiro atoms. The first-order valence-corrected chi connectivity index (χ1v) is 11.5. The van der Waals surface area contributed by atoms with Gasteiger partial charge in [-0.25, -0.2) is 18.1 Å². The molecular formula is C22H20N6O2S. The van der Waals surface area contributed by atoms with Crippen molar-refractivity contribution in [3.05, 3.63) is 83.6 Å². The van der Waals surface area contributed by atoms with Crippen LogP contribution in [0, 0.1) is 11.3 Å². The average molecular weight is 433 g/mol. The summed E-state index contributed by atoms with van der Waals surface area (Å²) in [5.74, 6) is 0.672. The molecule has 1 aliphatic rings. The highest BCUT2D eigenvalue weighted by Gasteiger charge is 2.23. The molecule has 1 N–H and O–H groups in total. The van der Waals surface area contributed by atoms with Crippen molar-refractivity contribution < 1.29 is 8.42 Å². The van der Waals surface area contributed by atoms with E-state index in [4.69, 9.17) is 5.26 Å². The largest absolute Gasteiger partial charge is 0.306 e. The van der Waals surface area contributed by atoms with Gasteiger partial charge in [0.1, 0.15) is 10.5 Å². The number of hydrogen-bond donors (Lipinski definition) is 1. The first-order valence-electron chi connectivity index (χ1n) is 9.99. The van der Waals surface area contributed by atoms with Crippen molar-refractivity contribution in [2.75, 3.05) is 0 Å². The predicted molar refractivity (Wildman–Crippen MR) is 114 cm³/mol. The Bertz CT molecular complexity index is 1390. The maximum atomic E-state index is 12.6. The van der Waals surface area contributed by atoms with Crippen LogP contribution >= 0.6 is 0 Å². The molecule has 0 saturated heterocycles. The molecule has 5 rings (SSSR count). The van der Waals surface area contributed by atoms with Gasteiger partial charge in [0.05, 0.1) is 30.1 Å². The lowest BCUT2D eigenvalue weighted by molar-refractivity contribution is 0.581. The molecule has 0 aliphatic heterocycles. The van der Waals surface area contributed by atoms with Gasteiger partial charge < -0.3 is 4.40 Å². The van der Waals surface area contributed by atoms with Crippen LogP contribution in [0.4, 0.5) is 0 Å². The van der Waals surface area contributed by atoms with Crippen LogP contribution in [0.5, 0.6) is 0 Å². The minimum atomic E-state index is -3.70. The first-order chi connectivity index (χ1) is 15.0. The van der Waals surface area contributed by atoms with Crippen molar-refractivity contribution in [3.63, 3.8) is 0 Å². The van der Waals surface area contributed by atoms with Gasteiger partial charge in [-0.05, 0) is 48.1 Å². The molecule has 8 nitrogen and oxygen atoms in total. The van der Waals surface area contributed by atoms with Crippen molar-refractivity contribution in [2.45, 2.75) is 36.7 Å². The minimum Gasteiger partial charge on any atom is -0.306 e. The summed E-state index contributed by atoms with van der Waals surface area (Å²) in [6, 6.07) is 12.9. The summed E-state index contributed by atoms with van der Waals surface area (Å²) < 4.78 is 31.4. The van der Waals surface area contributed by atoms with Gasteiger partial charge in [-0.3, -0.25) is 4.68 Å². The Labute approximate surface area is 179 Å². The van der Waals surface area contributed by atoms with Gasteiger partial charge in [0.25, 0.3) is 0 Å². The first kappa shape index (κ1) is 19.5. The Kier molecular flexibility index (Phi) is 4.81. The van der Waals surface area contributed by atoms with Crippen molar-refractivity contribution in [2.24, 2.45) is 0 Å². The summed E-state index contributed by atoms with van der Waals surface area (Å²) in [6.07, 6.45) is 9.41. The number of nitriles is 1. The summed E-state index contributed by atoms with van der Waals surface area (Å²) in [4.78, 5) is 4.70. The minimum absolute atomic E-state index is 0.0981. The number of sulfonamides is 1. The zero-order valence-electron chi connectivity index (χ0n) is 16.6. The lowest BCUT2D eigenvalue weighted by Gasteiger charge is -2.05. The number of pyridine rings is 1. The SMILES string of the molecule is N#Cc1ccc(CNS(=O)(=O)c2cnn(Cc3cn4cc(C5CC5)ccc4n3)c2)cc1. The van der Waals surface area contributed by atoms with Crippen LogP contribution in [-0.2, 0) is 23.1 Å². The Morgan fingerprint density at radius 3 is 2.65 bits per heavy atom. The highest BCUT2D eigenvalue weighted by atomic mass is 32.2. The fraction of sp³-hybridized carbons (Fsp3) is 0.227. The Hall–Kier alpha value is -3.48. The Morgan fingerprint density at radius 1 is 1.10 bits per heavy atom. The highest BCUT2D eigenvalue weighted by molar-refractivity contribution is 7.89. The number of aromatic nitrogens is 4. The standard InChI is InChI=1S/C22H20N6O2S/c23-9-16-1-3-17(4-2-16)10-25-31(29,30)21-11-24-28(15-21)14-20-13-27-12-19(18-5-6-18)7-8-22(27)26-20/h1-4,7-8,11-13,15,18,25H,5-6,10,14H2. The van der Waals surface area contributed by atoms with Crippen molar-refractivity contribution in [1.29, 1.82) is 5.26 Å². The van der Waals surface area contributed by atoms with Gasteiger partial charge in [0.15, 0.2) is 0 Å². The summed E-state index contributed by atoms with van der Waals surface area (Å²) >= 11 is 0. The van der Waals surface area contributed by atoms with E-state index in [1.165, 1.54) is 30.8 Å². The summed E-state index contributed by atoms with van der Waals surface area (Å²) in [5.41, 5.74) is 4.31. The molecule has 1 aliphatic carbocycles. The van der Waals surface area contributed by atoms with Crippen LogP contribution in [0.2, 0.25) is 0 Å². The Morgan fingerprint density at radius 2 is 1.90 bits per heavy atom. The van der Waals surface area contributed by atoms with Gasteiger partial charge in [-0.15, -0.1) is 0 Å². The van der Waals surface area contributed by atoms with Crippen LogP contribution in [0.3, 0.4) is 0 Å². The number of hydrogen-bond acceptors (Lipinski definition) is 5. The van der Waals surface area contributed by atoms with Crippen molar-refractivity contribution >= 4 is 15.7 Å². The van der Waals surface area contributed by atoms with Crippen LogP contribution in [-0.4, -0.2) is 27.6 Å². The molecule has 0 amide bonds. The molecule has 0 bridgehead atoms. The van der Waals surface area contributed by atoms with E-state index >= 15 is 0 Å². The lowest BCUT2D eigenvalue weighted by atomic mass is 10.1. The third-order valence-electron chi connectivity index (χ3n) is 5.37. The molecule has 156 valence electrons. The van der Waals surface area contributed by atoms with Gasteiger partial charge in [-0.1, -0.05) is 18.2 Å². The zero-order chi connectivity index (χ0) is 21.4. The topological polar surface area (TPSA) is 105 Å². The average Bonchev–Trinajstić information content (AvgIpc) is 3.38. The van der Waals surface area contributed by atoms with Crippen molar-refractivity contribution in [3.8, 4) is 6.07 Å². The number of rotatable bonds is 7. The predicted octanol–water partition coefficient (Wildman–Crippen LogP) is 2.81. The maximum absolute atomic E-state index is 12.6. The van der Waals surface area contributed by atoms with E-state index in [1.807, 2.05) is 22.7 Å². The summed E-state index contributed by atoms with van der Waals surface area (Å²) in [7, 11) is -3.70. The van der Waals surface area contributed by atoms with Crippen molar-refractivity contribution in [1.82, 2.24) is 23.9 Å². The Balaban J connectivity index is 1.27. The smallest absolute Gasteiger partial charge is 0.243 e. The normalized spacial score (nSPS) is 14.0. The molecule has 1 aromatic carbocycles.